The molecule has 0 aromatic carbocycles. The van der Waals surface area contributed by atoms with Crippen LogP contribution in [0, 0.1) is 0 Å². The highest BCUT2D eigenvalue weighted by Crippen LogP contribution is 2.18. The topological polar surface area (TPSA) is 78.9 Å². The molecule has 6 nitrogen and oxygen atoms in total. The first kappa shape index (κ1) is 70.6. The van der Waals surface area contributed by atoms with Crippen molar-refractivity contribution in [2.75, 3.05) is 13.2 Å². The molecule has 1 unspecified atom stereocenters. The largest absolute Gasteiger partial charge is 0.462 e. The molecule has 0 aromatic heterocycles. The number of hydrogen-bond acceptors (Lipinski definition) is 6. The number of carbonyl (C=O) groups is 3. The van der Waals surface area contributed by atoms with E-state index < -0.39 is 6.10 Å². The number of ether oxygens (including phenoxy) is 3. The third kappa shape index (κ3) is 60.4. The molecule has 0 saturated carbocycles. The van der Waals surface area contributed by atoms with Crippen LogP contribution in [-0.4, -0.2) is 37.2 Å². The molecule has 0 radical (unpaired) electrons. The van der Waals surface area contributed by atoms with E-state index in [4.69, 9.17) is 14.2 Å². The molecule has 0 rings (SSSR count). The zero-order valence-corrected chi connectivity index (χ0v) is 49.2. The number of esters is 3. The molecular weight excluding hydrogens is 901 g/mol. The predicted octanol–water partition coefficient (Wildman–Crippen LogP) is 22.0. The lowest BCUT2D eigenvalue weighted by atomic mass is 10.0. The normalized spacial score (nSPS) is 12.2. The molecule has 0 saturated heterocycles. The van der Waals surface area contributed by atoms with E-state index in [0.29, 0.717) is 19.3 Å². The van der Waals surface area contributed by atoms with Crippen LogP contribution in [0.15, 0.2) is 36.5 Å². The van der Waals surface area contributed by atoms with E-state index in [1.807, 2.05) is 0 Å². The van der Waals surface area contributed by atoms with Gasteiger partial charge in [0.2, 0.25) is 0 Å². The van der Waals surface area contributed by atoms with E-state index >= 15 is 0 Å². The molecule has 0 bridgehead atoms. The highest BCUT2D eigenvalue weighted by molar-refractivity contribution is 5.71. The lowest BCUT2D eigenvalue weighted by molar-refractivity contribution is -0.167. The Kier molecular flexibility index (Phi) is 60.2. The van der Waals surface area contributed by atoms with Gasteiger partial charge >= 0.3 is 17.9 Å². The SMILES string of the molecule is CC/C=C\C/C=C\C/C=C\CCCCCCCC(=O)OC(COC(=O)CCCCCCCCCCCCCC)COC(=O)CCCCCCCCCCCCCCCCCCCCCCCCCCCCCC. The van der Waals surface area contributed by atoms with Crippen molar-refractivity contribution in [1.82, 2.24) is 0 Å². The average Bonchev–Trinajstić information content (AvgIpc) is 3.39. The molecule has 0 spiro atoms. The van der Waals surface area contributed by atoms with Gasteiger partial charge in [-0.15, -0.1) is 0 Å². The molecule has 73 heavy (non-hydrogen) atoms. The van der Waals surface area contributed by atoms with Crippen LogP contribution in [0.1, 0.15) is 355 Å². The molecule has 0 heterocycles. The third-order valence-corrected chi connectivity index (χ3v) is 14.7. The van der Waals surface area contributed by atoms with Crippen LogP contribution in [-0.2, 0) is 28.6 Å². The van der Waals surface area contributed by atoms with Crippen molar-refractivity contribution in [3.63, 3.8) is 0 Å². The molecule has 0 amide bonds. The maximum Gasteiger partial charge on any atom is 0.306 e. The van der Waals surface area contributed by atoms with E-state index in [-0.39, 0.29) is 31.1 Å². The smallest absolute Gasteiger partial charge is 0.306 e. The van der Waals surface area contributed by atoms with E-state index in [1.165, 1.54) is 218 Å². The van der Waals surface area contributed by atoms with Gasteiger partial charge in [-0.2, -0.15) is 0 Å². The Labute approximate surface area is 455 Å². The van der Waals surface area contributed by atoms with Crippen molar-refractivity contribution >= 4 is 17.9 Å². The fraction of sp³-hybridized carbons (Fsp3) is 0.866. The zero-order chi connectivity index (χ0) is 52.9. The molecule has 1 atom stereocenters. The van der Waals surface area contributed by atoms with Crippen LogP contribution in [0.2, 0.25) is 0 Å². The fourth-order valence-corrected chi connectivity index (χ4v) is 9.81. The van der Waals surface area contributed by atoms with Gasteiger partial charge in [-0.3, -0.25) is 14.4 Å². The van der Waals surface area contributed by atoms with Crippen molar-refractivity contribution in [2.45, 2.75) is 361 Å². The first-order chi connectivity index (χ1) is 36.0. The lowest BCUT2D eigenvalue weighted by Crippen LogP contribution is -2.30. The Morgan fingerprint density at radius 3 is 0.836 bits per heavy atom. The third-order valence-electron chi connectivity index (χ3n) is 14.7. The summed E-state index contributed by atoms with van der Waals surface area (Å²) in [6.45, 7) is 6.57. The van der Waals surface area contributed by atoms with Crippen LogP contribution >= 0.6 is 0 Å². The molecule has 0 N–H and O–H groups in total. The van der Waals surface area contributed by atoms with Gasteiger partial charge in [-0.25, -0.2) is 0 Å². The molecule has 0 aromatic rings. The summed E-state index contributed by atoms with van der Waals surface area (Å²) >= 11 is 0. The summed E-state index contributed by atoms with van der Waals surface area (Å²) in [5, 5.41) is 0. The maximum atomic E-state index is 12.9. The summed E-state index contributed by atoms with van der Waals surface area (Å²) in [6, 6.07) is 0. The van der Waals surface area contributed by atoms with Crippen molar-refractivity contribution in [1.29, 1.82) is 0 Å². The van der Waals surface area contributed by atoms with Crippen molar-refractivity contribution in [2.24, 2.45) is 0 Å². The van der Waals surface area contributed by atoms with Gasteiger partial charge in [-0.05, 0) is 51.4 Å². The van der Waals surface area contributed by atoms with Gasteiger partial charge in [0, 0.05) is 19.3 Å². The summed E-state index contributed by atoms with van der Waals surface area (Å²) in [7, 11) is 0. The van der Waals surface area contributed by atoms with E-state index in [0.717, 1.165) is 96.3 Å². The summed E-state index contributed by atoms with van der Waals surface area (Å²) < 4.78 is 16.9. The maximum absolute atomic E-state index is 12.9. The number of hydrogen-bond donors (Lipinski definition) is 0. The zero-order valence-electron chi connectivity index (χ0n) is 49.2. The Morgan fingerprint density at radius 2 is 0.534 bits per heavy atom. The molecule has 6 heteroatoms. The monoisotopic (exact) mass is 1020 g/mol. The minimum Gasteiger partial charge on any atom is -0.462 e. The summed E-state index contributed by atoms with van der Waals surface area (Å²) in [6.07, 6.45) is 76.0. The average molecular weight is 1030 g/mol. The standard InChI is InChI=1S/C67H124O6/c1-4-7-10-13-16-19-22-25-27-28-29-30-31-32-33-34-35-36-37-38-39-41-42-45-48-51-54-57-60-66(69)72-63-64(62-71-65(68)59-56-53-50-47-44-24-21-18-15-12-9-6-3)73-67(70)61-58-55-52-49-46-43-40-26-23-20-17-14-11-8-5-2/h8,11,17,20,26,40,64H,4-7,9-10,12-16,18-19,21-25,27-39,41-63H2,1-3H3/b11-8-,20-17-,40-26-. The Bertz CT molecular complexity index is 1220. The van der Waals surface area contributed by atoms with Gasteiger partial charge < -0.3 is 14.2 Å². The Hall–Kier alpha value is -2.37. The van der Waals surface area contributed by atoms with Crippen molar-refractivity contribution in [3.05, 3.63) is 36.5 Å². The minimum absolute atomic E-state index is 0.0742. The number of allylic oxidation sites excluding steroid dienone is 6. The highest BCUT2D eigenvalue weighted by atomic mass is 16.6. The quantitative estimate of drug-likeness (QED) is 0.0261. The second-order valence-corrected chi connectivity index (χ2v) is 22.0. The van der Waals surface area contributed by atoms with Gasteiger partial charge in [0.1, 0.15) is 13.2 Å². The molecule has 0 aliphatic carbocycles. The van der Waals surface area contributed by atoms with Crippen LogP contribution < -0.4 is 0 Å². The summed E-state index contributed by atoms with van der Waals surface area (Å²) in [5.74, 6) is -0.869. The van der Waals surface area contributed by atoms with E-state index in [2.05, 4.69) is 57.2 Å². The molecule has 0 aliphatic rings. The Balaban J connectivity index is 4.15. The molecule has 0 aliphatic heterocycles. The van der Waals surface area contributed by atoms with Crippen molar-refractivity contribution in [3.8, 4) is 0 Å². The van der Waals surface area contributed by atoms with Crippen LogP contribution in [0.3, 0.4) is 0 Å². The highest BCUT2D eigenvalue weighted by Gasteiger charge is 2.19. The van der Waals surface area contributed by atoms with E-state index in [9.17, 15) is 14.4 Å². The lowest BCUT2D eigenvalue weighted by Gasteiger charge is -2.18. The summed E-state index contributed by atoms with van der Waals surface area (Å²) in [4.78, 5) is 38.2. The van der Waals surface area contributed by atoms with Crippen LogP contribution in [0.4, 0.5) is 0 Å². The second kappa shape index (κ2) is 62.2. The Morgan fingerprint density at radius 1 is 0.288 bits per heavy atom. The number of rotatable bonds is 60. The second-order valence-electron chi connectivity index (χ2n) is 22.0. The fourth-order valence-electron chi connectivity index (χ4n) is 9.81. The first-order valence-corrected chi connectivity index (χ1v) is 32.5. The molecular formula is C67H124O6. The molecule has 428 valence electrons. The van der Waals surface area contributed by atoms with Crippen LogP contribution in [0.25, 0.3) is 0 Å². The van der Waals surface area contributed by atoms with Gasteiger partial charge in [0.15, 0.2) is 6.10 Å². The van der Waals surface area contributed by atoms with Crippen LogP contribution in [0.5, 0.6) is 0 Å². The number of carbonyl (C=O) groups excluding carboxylic acids is 3. The van der Waals surface area contributed by atoms with Gasteiger partial charge in [-0.1, -0.05) is 320 Å². The van der Waals surface area contributed by atoms with Crippen molar-refractivity contribution < 1.29 is 28.6 Å². The minimum atomic E-state index is -0.777. The summed E-state index contributed by atoms with van der Waals surface area (Å²) in [5.41, 5.74) is 0. The predicted molar refractivity (Wildman–Crippen MR) is 316 cm³/mol. The first-order valence-electron chi connectivity index (χ1n) is 32.5. The van der Waals surface area contributed by atoms with Gasteiger partial charge in [0.25, 0.3) is 0 Å². The number of unbranched alkanes of at least 4 members (excludes halogenated alkanes) is 43. The van der Waals surface area contributed by atoms with E-state index in [1.54, 1.807) is 0 Å². The molecule has 0 fully saturated rings. The van der Waals surface area contributed by atoms with Gasteiger partial charge in [0.05, 0.1) is 0 Å².